The van der Waals surface area contributed by atoms with Gasteiger partial charge in [0.15, 0.2) is 0 Å². The van der Waals surface area contributed by atoms with Crippen LogP contribution >= 0.6 is 11.3 Å². The van der Waals surface area contributed by atoms with Crippen molar-refractivity contribution < 1.29 is 0 Å². The lowest BCUT2D eigenvalue weighted by atomic mass is 10.1. The highest BCUT2D eigenvalue weighted by Crippen LogP contribution is 2.37. The van der Waals surface area contributed by atoms with Crippen LogP contribution in [0.25, 0.3) is 20.9 Å². The maximum Gasteiger partial charge on any atom is 0.0378 e. The summed E-state index contributed by atoms with van der Waals surface area (Å²) in [6.45, 7) is 4.32. The van der Waals surface area contributed by atoms with Crippen LogP contribution in [0.4, 0.5) is 0 Å². The molecule has 0 aliphatic carbocycles. The van der Waals surface area contributed by atoms with Crippen molar-refractivity contribution in [2.75, 3.05) is 0 Å². The third kappa shape index (κ3) is 2.47. The fourth-order valence-corrected chi connectivity index (χ4v) is 3.40. The number of thiophene rings is 1. The van der Waals surface area contributed by atoms with E-state index in [1.54, 1.807) is 0 Å². The van der Waals surface area contributed by atoms with E-state index in [4.69, 9.17) is 0 Å². The van der Waals surface area contributed by atoms with Gasteiger partial charge < -0.3 is 0 Å². The van der Waals surface area contributed by atoms with E-state index < -0.39 is 0 Å². The highest BCUT2D eigenvalue weighted by molar-refractivity contribution is 7.19. The van der Waals surface area contributed by atoms with Gasteiger partial charge in [0, 0.05) is 9.75 Å². The Kier molecular flexibility index (Phi) is 3.22. The molecule has 0 fully saturated rings. The lowest BCUT2D eigenvalue weighted by Gasteiger charge is -2.00. The van der Waals surface area contributed by atoms with Crippen molar-refractivity contribution in [3.8, 4) is 20.9 Å². The molecule has 0 aliphatic rings. The van der Waals surface area contributed by atoms with Gasteiger partial charge in [-0.2, -0.15) is 0 Å². The Hall–Kier alpha value is -1.86. The van der Waals surface area contributed by atoms with E-state index in [1.165, 1.54) is 32.0 Å². The lowest BCUT2D eigenvalue weighted by molar-refractivity contribution is 1.46. The van der Waals surface area contributed by atoms with Crippen molar-refractivity contribution in [1.82, 2.24) is 0 Å². The van der Waals surface area contributed by atoms with Crippen molar-refractivity contribution in [3.05, 3.63) is 71.8 Å². The molecule has 19 heavy (non-hydrogen) atoms. The Bertz CT molecular complexity index is 675. The summed E-state index contributed by atoms with van der Waals surface area (Å²) in [6, 6.07) is 21.7. The maximum atomic E-state index is 2.29. The van der Waals surface area contributed by atoms with Crippen molar-refractivity contribution in [2.24, 2.45) is 0 Å². The SMILES string of the molecule is Cc1ccc(-c2sc(-c3ccccc3)cc2C)cc1. The maximum absolute atomic E-state index is 2.29. The van der Waals surface area contributed by atoms with Crippen molar-refractivity contribution in [2.45, 2.75) is 13.8 Å². The first-order chi connectivity index (χ1) is 9.24. The summed E-state index contributed by atoms with van der Waals surface area (Å²) in [5.41, 5.74) is 5.28. The fourth-order valence-electron chi connectivity index (χ4n) is 2.22. The molecule has 1 aromatic heterocycles. The molecule has 2 aromatic carbocycles. The summed E-state index contributed by atoms with van der Waals surface area (Å²) in [5.74, 6) is 0. The smallest absolute Gasteiger partial charge is 0.0378 e. The van der Waals surface area contributed by atoms with Gasteiger partial charge in [0.05, 0.1) is 0 Å². The second kappa shape index (κ2) is 5.02. The molecule has 0 amide bonds. The summed E-state index contributed by atoms with van der Waals surface area (Å²) in [4.78, 5) is 2.72. The average molecular weight is 264 g/mol. The zero-order valence-corrected chi connectivity index (χ0v) is 12.0. The molecule has 0 saturated heterocycles. The number of rotatable bonds is 2. The van der Waals surface area contributed by atoms with Crippen LogP contribution in [0.1, 0.15) is 11.1 Å². The van der Waals surface area contributed by atoms with E-state index in [2.05, 4.69) is 74.5 Å². The van der Waals surface area contributed by atoms with E-state index in [0.717, 1.165) is 0 Å². The molecule has 0 N–H and O–H groups in total. The van der Waals surface area contributed by atoms with Gasteiger partial charge in [-0.15, -0.1) is 11.3 Å². The number of benzene rings is 2. The van der Waals surface area contributed by atoms with Gasteiger partial charge in [0.1, 0.15) is 0 Å². The first-order valence-corrected chi connectivity index (χ1v) is 7.28. The standard InChI is InChI=1S/C18H16S/c1-13-8-10-16(11-9-13)18-14(2)12-17(19-18)15-6-4-3-5-7-15/h3-12H,1-2H3. The van der Waals surface area contributed by atoms with Crippen LogP contribution < -0.4 is 0 Å². The largest absolute Gasteiger partial charge is 0.135 e. The number of hydrogen-bond donors (Lipinski definition) is 0. The van der Waals surface area contributed by atoms with E-state index in [9.17, 15) is 0 Å². The molecule has 1 heterocycles. The van der Waals surface area contributed by atoms with Crippen molar-refractivity contribution >= 4 is 11.3 Å². The summed E-state index contributed by atoms with van der Waals surface area (Å²) in [6.07, 6.45) is 0. The Morgan fingerprint density at radius 1 is 0.737 bits per heavy atom. The number of aryl methyl sites for hydroxylation is 2. The molecule has 0 unspecified atom stereocenters. The molecule has 0 radical (unpaired) electrons. The Balaban J connectivity index is 2.05. The van der Waals surface area contributed by atoms with Crippen LogP contribution in [0, 0.1) is 13.8 Å². The summed E-state index contributed by atoms with van der Waals surface area (Å²) < 4.78 is 0. The Morgan fingerprint density at radius 2 is 1.42 bits per heavy atom. The Morgan fingerprint density at radius 3 is 2.11 bits per heavy atom. The molecular formula is C18H16S. The molecular weight excluding hydrogens is 248 g/mol. The van der Waals surface area contributed by atoms with Gasteiger partial charge in [-0.3, -0.25) is 0 Å². The highest BCUT2D eigenvalue weighted by atomic mass is 32.1. The Labute approximate surface area is 118 Å². The van der Waals surface area contributed by atoms with Gasteiger partial charge in [-0.05, 0) is 36.6 Å². The van der Waals surface area contributed by atoms with Crippen LogP contribution in [-0.2, 0) is 0 Å². The van der Waals surface area contributed by atoms with Crippen LogP contribution in [0.5, 0.6) is 0 Å². The molecule has 0 nitrogen and oxygen atoms in total. The highest BCUT2D eigenvalue weighted by Gasteiger charge is 2.08. The molecule has 0 atom stereocenters. The summed E-state index contributed by atoms with van der Waals surface area (Å²) in [7, 11) is 0. The minimum atomic E-state index is 1.30. The van der Waals surface area contributed by atoms with Crippen LogP contribution in [0.3, 0.4) is 0 Å². The third-order valence-electron chi connectivity index (χ3n) is 3.29. The predicted octanol–water partition coefficient (Wildman–Crippen LogP) is 5.70. The van der Waals surface area contributed by atoms with Crippen molar-refractivity contribution in [3.63, 3.8) is 0 Å². The van der Waals surface area contributed by atoms with Gasteiger partial charge in [0.2, 0.25) is 0 Å². The minimum Gasteiger partial charge on any atom is -0.135 e. The summed E-state index contributed by atoms with van der Waals surface area (Å²) >= 11 is 1.87. The molecule has 3 rings (SSSR count). The zero-order valence-electron chi connectivity index (χ0n) is 11.2. The van der Waals surface area contributed by atoms with Gasteiger partial charge >= 0.3 is 0 Å². The van der Waals surface area contributed by atoms with E-state index >= 15 is 0 Å². The molecule has 0 bridgehead atoms. The minimum absolute atomic E-state index is 1.30. The summed E-state index contributed by atoms with van der Waals surface area (Å²) in [5, 5.41) is 0. The number of hydrogen-bond acceptors (Lipinski definition) is 1. The lowest BCUT2D eigenvalue weighted by Crippen LogP contribution is -1.76. The van der Waals surface area contributed by atoms with Crippen LogP contribution in [-0.4, -0.2) is 0 Å². The van der Waals surface area contributed by atoms with Gasteiger partial charge in [0.25, 0.3) is 0 Å². The van der Waals surface area contributed by atoms with E-state index in [1.807, 2.05) is 11.3 Å². The van der Waals surface area contributed by atoms with E-state index in [0.29, 0.717) is 0 Å². The van der Waals surface area contributed by atoms with Crippen molar-refractivity contribution in [1.29, 1.82) is 0 Å². The molecule has 0 saturated carbocycles. The fraction of sp³-hybridized carbons (Fsp3) is 0.111. The van der Waals surface area contributed by atoms with Crippen LogP contribution in [0.15, 0.2) is 60.7 Å². The topological polar surface area (TPSA) is 0 Å². The average Bonchev–Trinajstić information content (AvgIpc) is 2.83. The zero-order chi connectivity index (χ0) is 13.2. The molecule has 94 valence electrons. The van der Waals surface area contributed by atoms with Gasteiger partial charge in [-0.1, -0.05) is 60.2 Å². The third-order valence-corrected chi connectivity index (χ3v) is 4.63. The molecule has 1 heteroatoms. The first kappa shape index (κ1) is 12.2. The monoisotopic (exact) mass is 264 g/mol. The van der Waals surface area contributed by atoms with E-state index in [-0.39, 0.29) is 0 Å². The second-order valence-electron chi connectivity index (χ2n) is 4.85. The quantitative estimate of drug-likeness (QED) is 0.557. The molecule has 0 aliphatic heterocycles. The second-order valence-corrected chi connectivity index (χ2v) is 5.91. The van der Waals surface area contributed by atoms with Gasteiger partial charge in [-0.25, -0.2) is 0 Å². The molecule has 3 aromatic rings. The first-order valence-electron chi connectivity index (χ1n) is 6.47. The molecule has 0 spiro atoms. The predicted molar refractivity (Wildman–Crippen MR) is 84.7 cm³/mol. The van der Waals surface area contributed by atoms with Crippen LogP contribution in [0.2, 0.25) is 0 Å². The normalized spacial score (nSPS) is 10.6.